The lowest BCUT2D eigenvalue weighted by molar-refractivity contribution is 0.278. The van der Waals surface area contributed by atoms with Crippen LogP contribution in [0.5, 0.6) is 0 Å². The summed E-state index contributed by atoms with van der Waals surface area (Å²) in [4.78, 5) is 7.16. The Hall–Kier alpha value is -0.845. The number of H-pyrrole nitrogens is 1. The van der Waals surface area contributed by atoms with Crippen LogP contribution in [0.15, 0.2) is 12.4 Å². The fourth-order valence-electron chi connectivity index (χ4n) is 0.779. The van der Waals surface area contributed by atoms with Gasteiger partial charge in [-0.25, -0.2) is 4.98 Å². The highest BCUT2D eigenvalue weighted by Gasteiger charge is 1.92. The number of unbranched alkanes of at least 4 members (excludes halogenated alkanes) is 1. The third kappa shape index (κ3) is 9.07. The van der Waals surface area contributed by atoms with E-state index in [0.29, 0.717) is 0 Å². The maximum Gasteiger partial charge on any atom is 0.631 e. The van der Waals surface area contributed by atoms with Gasteiger partial charge >= 0.3 is 7.32 Å². The van der Waals surface area contributed by atoms with Crippen LogP contribution in [-0.2, 0) is 6.42 Å². The van der Waals surface area contributed by atoms with Crippen LogP contribution in [0.1, 0.15) is 25.6 Å². The number of imidazole rings is 1. The quantitative estimate of drug-likeness (QED) is 0.488. The molecule has 0 fully saturated rings. The van der Waals surface area contributed by atoms with E-state index in [1.807, 2.05) is 6.20 Å². The van der Waals surface area contributed by atoms with Crippen molar-refractivity contribution < 1.29 is 15.1 Å². The summed E-state index contributed by atoms with van der Waals surface area (Å²) in [6.45, 7) is 2.18. The highest BCUT2D eigenvalue weighted by Crippen LogP contribution is 1.96. The summed E-state index contributed by atoms with van der Waals surface area (Å²) in [5.74, 6) is 1.11. The van der Waals surface area contributed by atoms with E-state index in [2.05, 4.69) is 16.9 Å². The SMILES string of the molecule is CCCCc1ncc[nH]1.OB(O)O. The summed E-state index contributed by atoms with van der Waals surface area (Å²) >= 11 is 0. The second-order valence-electron chi connectivity index (χ2n) is 2.49. The summed E-state index contributed by atoms with van der Waals surface area (Å²) < 4.78 is 0. The van der Waals surface area contributed by atoms with Crippen molar-refractivity contribution in [2.45, 2.75) is 26.2 Å². The van der Waals surface area contributed by atoms with Crippen LogP contribution in [0.3, 0.4) is 0 Å². The van der Waals surface area contributed by atoms with Gasteiger partial charge in [0.1, 0.15) is 5.82 Å². The van der Waals surface area contributed by atoms with Gasteiger partial charge in [0.2, 0.25) is 0 Å². The molecule has 0 aromatic carbocycles. The Kier molecular flexibility index (Phi) is 7.28. The Bertz CT molecular complexity index is 189. The first-order valence-corrected chi connectivity index (χ1v) is 4.19. The van der Waals surface area contributed by atoms with Crippen LogP contribution >= 0.6 is 0 Å². The molecule has 1 aromatic rings. The molecule has 5 nitrogen and oxygen atoms in total. The van der Waals surface area contributed by atoms with Gasteiger partial charge in [-0.05, 0) is 6.42 Å². The molecule has 1 aromatic heterocycles. The minimum atomic E-state index is -2.17. The zero-order chi connectivity index (χ0) is 10.1. The molecule has 0 radical (unpaired) electrons. The zero-order valence-electron chi connectivity index (χ0n) is 7.64. The molecular formula is C7H15BN2O3. The van der Waals surface area contributed by atoms with Gasteiger partial charge in [0.05, 0.1) is 0 Å². The summed E-state index contributed by atoms with van der Waals surface area (Å²) in [5.41, 5.74) is 0. The van der Waals surface area contributed by atoms with Crippen molar-refractivity contribution >= 4 is 7.32 Å². The van der Waals surface area contributed by atoms with Crippen LogP contribution in [-0.4, -0.2) is 32.4 Å². The first-order valence-electron chi connectivity index (χ1n) is 4.19. The first-order chi connectivity index (χ1) is 6.16. The van der Waals surface area contributed by atoms with Gasteiger partial charge in [-0.1, -0.05) is 13.3 Å². The fraction of sp³-hybridized carbons (Fsp3) is 0.571. The molecule has 13 heavy (non-hydrogen) atoms. The van der Waals surface area contributed by atoms with E-state index < -0.39 is 7.32 Å². The molecule has 6 heteroatoms. The minimum absolute atomic E-state index is 1.09. The summed E-state index contributed by atoms with van der Waals surface area (Å²) in [5, 5.41) is 21.5. The second kappa shape index (κ2) is 7.79. The van der Waals surface area contributed by atoms with Crippen molar-refractivity contribution in [1.82, 2.24) is 9.97 Å². The zero-order valence-corrected chi connectivity index (χ0v) is 7.64. The van der Waals surface area contributed by atoms with Crippen molar-refractivity contribution in [3.8, 4) is 0 Å². The van der Waals surface area contributed by atoms with Crippen molar-refractivity contribution in [3.63, 3.8) is 0 Å². The van der Waals surface area contributed by atoms with Crippen LogP contribution in [0, 0.1) is 0 Å². The molecule has 0 atom stereocenters. The minimum Gasteiger partial charge on any atom is -0.402 e. The number of rotatable bonds is 3. The van der Waals surface area contributed by atoms with Gasteiger partial charge < -0.3 is 20.1 Å². The monoisotopic (exact) mass is 186 g/mol. The molecule has 4 N–H and O–H groups in total. The molecule has 0 unspecified atom stereocenters. The standard InChI is InChI=1S/C7H12N2.BH3O3/c1-2-3-4-7-8-5-6-9-7;2-1(3)4/h5-6H,2-4H2,1H3,(H,8,9);2-4H. The molecular weight excluding hydrogens is 171 g/mol. The summed E-state index contributed by atoms with van der Waals surface area (Å²) in [7, 11) is -2.17. The Balaban J connectivity index is 0.000000310. The van der Waals surface area contributed by atoms with Crippen LogP contribution in [0.2, 0.25) is 0 Å². The first kappa shape index (κ1) is 12.2. The normalized spacial score (nSPS) is 8.92. The number of aryl methyl sites for hydroxylation is 1. The Morgan fingerprint density at radius 3 is 2.46 bits per heavy atom. The number of nitrogens with one attached hydrogen (secondary N) is 1. The summed E-state index contributed by atoms with van der Waals surface area (Å²) in [6, 6.07) is 0. The molecule has 0 aliphatic heterocycles. The molecule has 74 valence electrons. The third-order valence-electron chi connectivity index (χ3n) is 1.32. The predicted molar refractivity (Wildman–Crippen MR) is 49.6 cm³/mol. The molecule has 0 saturated carbocycles. The number of aromatic nitrogens is 2. The van der Waals surface area contributed by atoms with Gasteiger partial charge in [0.15, 0.2) is 0 Å². The van der Waals surface area contributed by atoms with Gasteiger partial charge in [-0.3, -0.25) is 0 Å². The highest BCUT2D eigenvalue weighted by atomic mass is 16.5. The lowest BCUT2D eigenvalue weighted by atomic mass is 10.2. The van der Waals surface area contributed by atoms with E-state index in [0.717, 1.165) is 12.2 Å². The van der Waals surface area contributed by atoms with Crippen LogP contribution in [0.4, 0.5) is 0 Å². The van der Waals surface area contributed by atoms with Gasteiger partial charge in [-0.2, -0.15) is 0 Å². The van der Waals surface area contributed by atoms with Gasteiger partial charge in [-0.15, -0.1) is 0 Å². The smallest absolute Gasteiger partial charge is 0.402 e. The third-order valence-corrected chi connectivity index (χ3v) is 1.32. The number of hydrogen-bond donors (Lipinski definition) is 4. The molecule has 0 bridgehead atoms. The van der Waals surface area contributed by atoms with E-state index in [9.17, 15) is 0 Å². The number of aromatic amines is 1. The van der Waals surface area contributed by atoms with Crippen molar-refractivity contribution in [3.05, 3.63) is 18.2 Å². The van der Waals surface area contributed by atoms with Gasteiger partial charge in [0, 0.05) is 18.8 Å². The Labute approximate surface area is 77.6 Å². The number of nitrogens with zero attached hydrogens (tertiary/aromatic N) is 1. The van der Waals surface area contributed by atoms with Crippen molar-refractivity contribution in [2.75, 3.05) is 0 Å². The fourth-order valence-corrected chi connectivity index (χ4v) is 0.779. The molecule has 0 saturated heterocycles. The molecule has 0 amide bonds. The van der Waals surface area contributed by atoms with E-state index >= 15 is 0 Å². The van der Waals surface area contributed by atoms with E-state index in [1.54, 1.807) is 6.20 Å². The molecule has 1 heterocycles. The van der Waals surface area contributed by atoms with Crippen LogP contribution in [0.25, 0.3) is 0 Å². The van der Waals surface area contributed by atoms with E-state index in [1.165, 1.54) is 12.8 Å². The second-order valence-corrected chi connectivity index (χ2v) is 2.49. The average molecular weight is 186 g/mol. The highest BCUT2D eigenvalue weighted by molar-refractivity contribution is 6.30. The number of hydrogen-bond acceptors (Lipinski definition) is 4. The maximum absolute atomic E-state index is 7.17. The molecule has 0 spiro atoms. The van der Waals surface area contributed by atoms with Crippen molar-refractivity contribution in [2.24, 2.45) is 0 Å². The summed E-state index contributed by atoms with van der Waals surface area (Å²) in [6.07, 6.45) is 7.22. The van der Waals surface area contributed by atoms with E-state index in [-0.39, 0.29) is 0 Å². The van der Waals surface area contributed by atoms with Gasteiger partial charge in [0.25, 0.3) is 0 Å². The molecule has 0 aliphatic rings. The average Bonchev–Trinajstić information content (AvgIpc) is 2.51. The molecule has 0 aliphatic carbocycles. The topological polar surface area (TPSA) is 89.4 Å². The van der Waals surface area contributed by atoms with Crippen molar-refractivity contribution in [1.29, 1.82) is 0 Å². The Morgan fingerprint density at radius 1 is 1.46 bits per heavy atom. The maximum atomic E-state index is 7.17. The lowest BCUT2D eigenvalue weighted by Crippen LogP contribution is -2.07. The molecule has 1 rings (SSSR count). The van der Waals surface area contributed by atoms with E-state index in [4.69, 9.17) is 15.1 Å². The predicted octanol–water partition coefficient (Wildman–Crippen LogP) is -0.300. The largest absolute Gasteiger partial charge is 0.631 e. The lowest BCUT2D eigenvalue weighted by Gasteiger charge is -1.90. The Morgan fingerprint density at radius 2 is 2.08 bits per heavy atom. The van der Waals surface area contributed by atoms with Crippen LogP contribution < -0.4 is 0 Å².